The van der Waals surface area contributed by atoms with E-state index in [9.17, 15) is 14.4 Å². The molecule has 0 fully saturated rings. The minimum atomic E-state index is -0.511. The first-order valence-corrected chi connectivity index (χ1v) is 5.43. The summed E-state index contributed by atoms with van der Waals surface area (Å²) in [5.41, 5.74) is 0. The monoisotopic (exact) mass is 230 g/mol. The van der Waals surface area contributed by atoms with Crippen molar-refractivity contribution in [2.75, 3.05) is 13.2 Å². The van der Waals surface area contributed by atoms with Crippen molar-refractivity contribution in [3.63, 3.8) is 0 Å². The standard InChI is InChI=1S/C11H18O5/c1-3-15-10(13)7-5-6-9(12)8-11(14)16-4-2/h3-8H2,1-2H3. The number of ketones is 1. The molecule has 5 nitrogen and oxygen atoms in total. The molecule has 0 atom stereocenters. The van der Waals surface area contributed by atoms with Crippen molar-refractivity contribution in [1.82, 2.24) is 0 Å². The Labute approximate surface area is 95.1 Å². The van der Waals surface area contributed by atoms with E-state index in [1.807, 2.05) is 0 Å². The van der Waals surface area contributed by atoms with Gasteiger partial charge in [0.25, 0.3) is 0 Å². The Balaban J connectivity index is 3.58. The number of hydrogen-bond acceptors (Lipinski definition) is 5. The molecular formula is C11H18O5. The molecule has 0 heterocycles. The van der Waals surface area contributed by atoms with Gasteiger partial charge < -0.3 is 9.47 Å². The Morgan fingerprint density at radius 3 is 2.00 bits per heavy atom. The fraction of sp³-hybridized carbons (Fsp3) is 0.727. The minimum absolute atomic E-state index is 0.206. The maximum absolute atomic E-state index is 11.2. The van der Waals surface area contributed by atoms with E-state index >= 15 is 0 Å². The molecule has 0 saturated heterocycles. The van der Waals surface area contributed by atoms with Crippen LogP contribution in [0.2, 0.25) is 0 Å². The largest absolute Gasteiger partial charge is 0.466 e. The van der Waals surface area contributed by atoms with Gasteiger partial charge in [0.2, 0.25) is 0 Å². The predicted molar refractivity (Wildman–Crippen MR) is 56.7 cm³/mol. The molecule has 16 heavy (non-hydrogen) atoms. The third-order valence-electron chi connectivity index (χ3n) is 1.79. The molecule has 92 valence electrons. The maximum atomic E-state index is 11.2. The Morgan fingerprint density at radius 1 is 0.875 bits per heavy atom. The molecule has 0 saturated carbocycles. The van der Waals surface area contributed by atoms with E-state index in [1.165, 1.54) is 0 Å². The molecule has 0 unspecified atom stereocenters. The first-order chi connectivity index (χ1) is 7.60. The Bertz CT molecular complexity index is 247. The number of esters is 2. The summed E-state index contributed by atoms with van der Waals surface area (Å²) in [6.07, 6.45) is 0.619. The van der Waals surface area contributed by atoms with Crippen molar-refractivity contribution >= 4 is 17.7 Å². The third-order valence-corrected chi connectivity index (χ3v) is 1.79. The van der Waals surface area contributed by atoms with Gasteiger partial charge in [-0.25, -0.2) is 0 Å². The first-order valence-electron chi connectivity index (χ1n) is 5.43. The van der Waals surface area contributed by atoms with Crippen LogP contribution in [0.5, 0.6) is 0 Å². The molecule has 0 aliphatic carbocycles. The van der Waals surface area contributed by atoms with E-state index in [0.29, 0.717) is 13.0 Å². The fourth-order valence-electron chi connectivity index (χ4n) is 1.12. The van der Waals surface area contributed by atoms with E-state index in [-0.39, 0.29) is 37.6 Å². The number of hydrogen-bond donors (Lipinski definition) is 0. The van der Waals surface area contributed by atoms with Crippen LogP contribution in [0, 0.1) is 0 Å². The van der Waals surface area contributed by atoms with Crippen molar-refractivity contribution < 1.29 is 23.9 Å². The summed E-state index contributed by atoms with van der Waals surface area (Å²) < 4.78 is 9.33. The summed E-state index contributed by atoms with van der Waals surface area (Å²) >= 11 is 0. The molecule has 0 N–H and O–H groups in total. The van der Waals surface area contributed by atoms with Crippen LogP contribution in [-0.2, 0) is 23.9 Å². The second-order valence-corrected chi connectivity index (χ2v) is 3.18. The topological polar surface area (TPSA) is 69.7 Å². The zero-order valence-electron chi connectivity index (χ0n) is 9.78. The molecule has 0 bridgehead atoms. The SMILES string of the molecule is CCOC(=O)CCCC(=O)CC(=O)OCC. The highest BCUT2D eigenvalue weighted by Gasteiger charge is 2.11. The molecule has 0 aromatic heterocycles. The Hall–Kier alpha value is -1.39. The average Bonchev–Trinajstić information content (AvgIpc) is 2.18. The molecule has 0 aromatic rings. The lowest BCUT2D eigenvalue weighted by atomic mass is 10.1. The van der Waals surface area contributed by atoms with Gasteiger partial charge in [-0.15, -0.1) is 0 Å². The van der Waals surface area contributed by atoms with Gasteiger partial charge in [0.1, 0.15) is 12.2 Å². The smallest absolute Gasteiger partial charge is 0.313 e. The van der Waals surface area contributed by atoms with E-state index in [2.05, 4.69) is 4.74 Å². The molecule has 0 aliphatic rings. The van der Waals surface area contributed by atoms with E-state index < -0.39 is 5.97 Å². The molecule has 0 radical (unpaired) electrons. The zero-order chi connectivity index (χ0) is 12.4. The van der Waals surface area contributed by atoms with Crippen LogP contribution in [0.1, 0.15) is 39.5 Å². The van der Waals surface area contributed by atoms with Crippen LogP contribution in [0.15, 0.2) is 0 Å². The van der Waals surface area contributed by atoms with Gasteiger partial charge >= 0.3 is 11.9 Å². The van der Waals surface area contributed by atoms with Crippen molar-refractivity contribution in [2.24, 2.45) is 0 Å². The number of carbonyl (C=O) groups is 3. The average molecular weight is 230 g/mol. The number of ether oxygens (including phenoxy) is 2. The maximum Gasteiger partial charge on any atom is 0.313 e. The van der Waals surface area contributed by atoms with Crippen LogP contribution in [0.3, 0.4) is 0 Å². The van der Waals surface area contributed by atoms with E-state index in [4.69, 9.17) is 4.74 Å². The highest BCUT2D eigenvalue weighted by Crippen LogP contribution is 2.02. The van der Waals surface area contributed by atoms with Gasteiger partial charge in [0.15, 0.2) is 0 Å². The van der Waals surface area contributed by atoms with Crippen LogP contribution >= 0.6 is 0 Å². The van der Waals surface area contributed by atoms with Gasteiger partial charge in [-0.2, -0.15) is 0 Å². The summed E-state index contributed by atoms with van der Waals surface area (Å²) in [5.74, 6) is -1.03. The minimum Gasteiger partial charge on any atom is -0.466 e. The van der Waals surface area contributed by atoms with Gasteiger partial charge in [0, 0.05) is 12.8 Å². The van der Waals surface area contributed by atoms with Gasteiger partial charge in [-0.3, -0.25) is 14.4 Å². The molecule has 0 aromatic carbocycles. The lowest BCUT2D eigenvalue weighted by Crippen LogP contribution is -2.11. The molecule has 0 amide bonds. The molecular weight excluding hydrogens is 212 g/mol. The van der Waals surface area contributed by atoms with Crippen LogP contribution in [0.4, 0.5) is 0 Å². The fourth-order valence-corrected chi connectivity index (χ4v) is 1.12. The first kappa shape index (κ1) is 14.6. The van der Waals surface area contributed by atoms with Crippen LogP contribution in [-0.4, -0.2) is 30.9 Å². The van der Waals surface area contributed by atoms with Crippen molar-refractivity contribution in [1.29, 1.82) is 0 Å². The Kier molecular flexibility index (Phi) is 8.11. The predicted octanol–water partition coefficient (Wildman–Crippen LogP) is 1.24. The van der Waals surface area contributed by atoms with E-state index in [1.54, 1.807) is 13.8 Å². The van der Waals surface area contributed by atoms with Crippen LogP contribution in [0.25, 0.3) is 0 Å². The van der Waals surface area contributed by atoms with Gasteiger partial charge in [-0.1, -0.05) is 0 Å². The van der Waals surface area contributed by atoms with Crippen molar-refractivity contribution in [3.8, 4) is 0 Å². The van der Waals surface area contributed by atoms with Crippen LogP contribution < -0.4 is 0 Å². The second kappa shape index (κ2) is 8.88. The van der Waals surface area contributed by atoms with Crippen molar-refractivity contribution in [3.05, 3.63) is 0 Å². The lowest BCUT2D eigenvalue weighted by Gasteiger charge is -2.02. The summed E-state index contributed by atoms with van der Waals surface area (Å²) in [6.45, 7) is 4.03. The molecule has 5 heteroatoms. The molecule has 0 aliphatic heterocycles. The number of Topliss-reactive ketones (excluding diaryl/α,β-unsaturated/α-hetero) is 1. The number of rotatable bonds is 8. The quantitative estimate of drug-likeness (QED) is 0.463. The highest BCUT2D eigenvalue weighted by atomic mass is 16.5. The molecule has 0 rings (SSSR count). The van der Waals surface area contributed by atoms with Gasteiger partial charge in [0.05, 0.1) is 13.2 Å². The summed E-state index contributed by atoms with van der Waals surface area (Å²) in [5, 5.41) is 0. The van der Waals surface area contributed by atoms with Crippen molar-refractivity contribution in [2.45, 2.75) is 39.5 Å². The lowest BCUT2D eigenvalue weighted by molar-refractivity contribution is -0.145. The zero-order valence-corrected chi connectivity index (χ0v) is 9.78. The highest BCUT2D eigenvalue weighted by molar-refractivity contribution is 5.95. The molecule has 0 spiro atoms. The normalized spacial score (nSPS) is 9.62. The van der Waals surface area contributed by atoms with Gasteiger partial charge in [-0.05, 0) is 20.3 Å². The Morgan fingerprint density at radius 2 is 1.44 bits per heavy atom. The summed E-state index contributed by atoms with van der Waals surface area (Å²) in [4.78, 5) is 33.1. The second-order valence-electron chi connectivity index (χ2n) is 3.18. The third kappa shape index (κ3) is 7.96. The summed E-state index contributed by atoms with van der Waals surface area (Å²) in [6, 6.07) is 0. The number of carbonyl (C=O) groups excluding carboxylic acids is 3. The van der Waals surface area contributed by atoms with E-state index in [0.717, 1.165) is 0 Å². The summed E-state index contributed by atoms with van der Waals surface area (Å²) in [7, 11) is 0.